The molecule has 0 spiro atoms. The Morgan fingerprint density at radius 2 is 2.19 bits per heavy atom. The number of rotatable bonds is 6. The molecule has 16 heavy (non-hydrogen) atoms. The highest BCUT2D eigenvalue weighted by molar-refractivity contribution is 5.81. The fourth-order valence-corrected chi connectivity index (χ4v) is 1.21. The summed E-state index contributed by atoms with van der Waals surface area (Å²) in [4.78, 5) is 11.6. The van der Waals surface area contributed by atoms with Crippen molar-refractivity contribution in [3.8, 4) is 0 Å². The topological polar surface area (TPSA) is 54.3 Å². The minimum absolute atomic E-state index is 0.0391. The van der Waals surface area contributed by atoms with E-state index in [1.54, 1.807) is 12.5 Å². The van der Waals surface area contributed by atoms with Crippen molar-refractivity contribution in [2.24, 2.45) is 5.92 Å². The molecular weight excluding hydrogens is 204 g/mol. The van der Waals surface area contributed by atoms with Crippen LogP contribution in [0.5, 0.6) is 0 Å². The maximum Gasteiger partial charge on any atom is 0.236 e. The second kappa shape index (κ2) is 6.33. The lowest BCUT2D eigenvalue weighted by atomic mass is 10.2. The summed E-state index contributed by atoms with van der Waals surface area (Å²) in [7, 11) is 0. The van der Waals surface area contributed by atoms with Crippen LogP contribution in [-0.2, 0) is 11.3 Å². The summed E-state index contributed by atoms with van der Waals surface area (Å²) in [5, 5.41) is 6.02. The van der Waals surface area contributed by atoms with Crippen molar-refractivity contribution >= 4 is 5.91 Å². The number of carbonyl (C=O) groups excluding carboxylic acids is 1. The Bertz CT molecular complexity index is 307. The molecule has 4 heteroatoms. The van der Waals surface area contributed by atoms with E-state index in [1.165, 1.54) is 0 Å². The third-order valence-electron chi connectivity index (χ3n) is 2.27. The molecule has 0 aromatic carbocycles. The minimum atomic E-state index is -0.186. The van der Waals surface area contributed by atoms with E-state index in [-0.39, 0.29) is 11.9 Å². The molecule has 0 saturated heterocycles. The molecule has 1 aromatic rings. The van der Waals surface area contributed by atoms with Crippen LogP contribution in [0, 0.1) is 5.92 Å². The van der Waals surface area contributed by atoms with Gasteiger partial charge in [0.15, 0.2) is 0 Å². The van der Waals surface area contributed by atoms with Gasteiger partial charge in [-0.25, -0.2) is 0 Å². The summed E-state index contributed by atoms with van der Waals surface area (Å²) in [6.07, 6.45) is 3.30. The van der Waals surface area contributed by atoms with Crippen LogP contribution >= 0.6 is 0 Å². The van der Waals surface area contributed by atoms with Crippen LogP contribution in [0.2, 0.25) is 0 Å². The quantitative estimate of drug-likeness (QED) is 0.770. The van der Waals surface area contributed by atoms with E-state index in [0.717, 1.165) is 12.1 Å². The second-order valence-corrected chi connectivity index (χ2v) is 4.37. The summed E-state index contributed by atoms with van der Waals surface area (Å²) in [5.41, 5.74) is 1.04. The number of nitrogens with one attached hydrogen (secondary N) is 2. The van der Waals surface area contributed by atoms with E-state index in [9.17, 15) is 4.79 Å². The Morgan fingerprint density at radius 3 is 2.75 bits per heavy atom. The molecular formula is C12H20N2O2. The van der Waals surface area contributed by atoms with Gasteiger partial charge < -0.3 is 15.1 Å². The Hall–Kier alpha value is -1.29. The summed E-state index contributed by atoms with van der Waals surface area (Å²) in [6.45, 7) is 7.37. The zero-order valence-electron chi connectivity index (χ0n) is 10.1. The van der Waals surface area contributed by atoms with E-state index in [0.29, 0.717) is 12.5 Å². The monoisotopic (exact) mass is 224 g/mol. The van der Waals surface area contributed by atoms with E-state index in [1.807, 2.05) is 13.0 Å². The third-order valence-corrected chi connectivity index (χ3v) is 2.27. The van der Waals surface area contributed by atoms with Gasteiger partial charge >= 0.3 is 0 Å². The molecule has 1 amide bonds. The van der Waals surface area contributed by atoms with Gasteiger partial charge in [0.25, 0.3) is 0 Å². The number of hydrogen-bond acceptors (Lipinski definition) is 3. The van der Waals surface area contributed by atoms with E-state index >= 15 is 0 Å². The maximum absolute atomic E-state index is 11.6. The predicted molar refractivity (Wildman–Crippen MR) is 62.9 cm³/mol. The molecule has 1 aromatic heterocycles. The molecule has 0 aliphatic carbocycles. The van der Waals surface area contributed by atoms with Gasteiger partial charge in [-0.1, -0.05) is 13.8 Å². The van der Waals surface area contributed by atoms with E-state index < -0.39 is 0 Å². The fourth-order valence-electron chi connectivity index (χ4n) is 1.21. The average Bonchev–Trinajstić information content (AvgIpc) is 2.75. The minimum Gasteiger partial charge on any atom is -0.472 e. The molecule has 0 bridgehead atoms. The SMILES string of the molecule is CC(C)CNC(=O)C(C)NCc1ccoc1. The molecule has 1 rings (SSSR count). The average molecular weight is 224 g/mol. The van der Waals surface area contributed by atoms with Gasteiger partial charge in [0, 0.05) is 18.7 Å². The first-order valence-corrected chi connectivity index (χ1v) is 5.61. The lowest BCUT2D eigenvalue weighted by Gasteiger charge is -2.14. The molecule has 0 saturated carbocycles. The van der Waals surface area contributed by atoms with Crippen molar-refractivity contribution in [3.05, 3.63) is 24.2 Å². The molecule has 4 nitrogen and oxygen atoms in total. The molecule has 0 fully saturated rings. The summed E-state index contributed by atoms with van der Waals surface area (Å²) >= 11 is 0. The van der Waals surface area contributed by atoms with Crippen molar-refractivity contribution in [2.75, 3.05) is 6.54 Å². The Balaban J connectivity index is 2.23. The molecule has 0 aliphatic rings. The largest absolute Gasteiger partial charge is 0.472 e. The molecule has 1 heterocycles. The van der Waals surface area contributed by atoms with Crippen LogP contribution in [0.25, 0.3) is 0 Å². The normalized spacial score (nSPS) is 12.8. The van der Waals surface area contributed by atoms with Gasteiger partial charge in [-0.3, -0.25) is 4.79 Å². The third kappa shape index (κ3) is 4.49. The van der Waals surface area contributed by atoms with Crippen LogP contribution in [-0.4, -0.2) is 18.5 Å². The molecule has 1 atom stereocenters. The second-order valence-electron chi connectivity index (χ2n) is 4.37. The zero-order valence-corrected chi connectivity index (χ0v) is 10.1. The van der Waals surface area contributed by atoms with Gasteiger partial charge in [-0.05, 0) is 18.9 Å². The maximum atomic E-state index is 11.6. The first-order chi connectivity index (χ1) is 7.59. The van der Waals surface area contributed by atoms with Crippen molar-refractivity contribution < 1.29 is 9.21 Å². The van der Waals surface area contributed by atoms with E-state index in [2.05, 4.69) is 24.5 Å². The highest BCUT2D eigenvalue weighted by atomic mass is 16.3. The highest BCUT2D eigenvalue weighted by Gasteiger charge is 2.11. The summed E-state index contributed by atoms with van der Waals surface area (Å²) in [5.74, 6) is 0.516. The van der Waals surface area contributed by atoms with Gasteiger partial charge in [0.1, 0.15) is 0 Å². The van der Waals surface area contributed by atoms with Gasteiger partial charge in [-0.2, -0.15) is 0 Å². The number of amides is 1. The Morgan fingerprint density at radius 1 is 1.44 bits per heavy atom. The lowest BCUT2D eigenvalue weighted by molar-refractivity contribution is -0.122. The summed E-state index contributed by atoms with van der Waals surface area (Å²) in [6, 6.07) is 1.69. The number of hydrogen-bond donors (Lipinski definition) is 2. The van der Waals surface area contributed by atoms with Gasteiger partial charge in [0.05, 0.1) is 18.6 Å². The van der Waals surface area contributed by atoms with Crippen LogP contribution in [0.4, 0.5) is 0 Å². The molecule has 1 unspecified atom stereocenters. The predicted octanol–water partition coefficient (Wildman–Crippen LogP) is 1.53. The molecule has 90 valence electrons. The van der Waals surface area contributed by atoms with E-state index in [4.69, 9.17) is 4.42 Å². The summed E-state index contributed by atoms with van der Waals surface area (Å²) < 4.78 is 4.95. The van der Waals surface area contributed by atoms with Crippen LogP contribution in [0.15, 0.2) is 23.0 Å². The zero-order chi connectivity index (χ0) is 12.0. The molecule has 2 N–H and O–H groups in total. The fraction of sp³-hybridized carbons (Fsp3) is 0.583. The smallest absolute Gasteiger partial charge is 0.236 e. The standard InChI is InChI=1S/C12H20N2O2/c1-9(2)6-14-12(15)10(3)13-7-11-4-5-16-8-11/h4-5,8-10,13H,6-7H2,1-3H3,(H,14,15). The lowest BCUT2D eigenvalue weighted by Crippen LogP contribution is -2.42. The van der Waals surface area contributed by atoms with Crippen LogP contribution in [0.1, 0.15) is 26.3 Å². The number of carbonyl (C=O) groups is 1. The number of furan rings is 1. The van der Waals surface area contributed by atoms with Gasteiger partial charge in [-0.15, -0.1) is 0 Å². The van der Waals surface area contributed by atoms with Crippen LogP contribution < -0.4 is 10.6 Å². The Labute approximate surface area is 96.4 Å². The highest BCUT2D eigenvalue weighted by Crippen LogP contribution is 1.99. The first-order valence-electron chi connectivity index (χ1n) is 5.61. The molecule has 0 radical (unpaired) electrons. The molecule has 0 aliphatic heterocycles. The van der Waals surface area contributed by atoms with Crippen molar-refractivity contribution in [2.45, 2.75) is 33.4 Å². The Kier molecular flexibility index (Phi) is 5.05. The van der Waals surface area contributed by atoms with Crippen molar-refractivity contribution in [3.63, 3.8) is 0 Å². The van der Waals surface area contributed by atoms with Gasteiger partial charge in [0.2, 0.25) is 5.91 Å². The first kappa shape index (κ1) is 12.8. The van der Waals surface area contributed by atoms with Crippen LogP contribution in [0.3, 0.4) is 0 Å². The van der Waals surface area contributed by atoms with Crippen molar-refractivity contribution in [1.29, 1.82) is 0 Å². The van der Waals surface area contributed by atoms with Crippen molar-refractivity contribution in [1.82, 2.24) is 10.6 Å².